The number of anilines is 1. The van der Waals surface area contributed by atoms with Gasteiger partial charge in [0.2, 0.25) is 5.91 Å². The number of unbranched alkanes of at least 4 members (excludes halogenated alkanes) is 2. The molecule has 0 spiro atoms. The highest BCUT2D eigenvalue weighted by molar-refractivity contribution is 5.92. The largest absolute Gasteiger partial charge is 0.322 e. The van der Waals surface area contributed by atoms with E-state index in [2.05, 4.69) is 17.6 Å². The van der Waals surface area contributed by atoms with E-state index in [4.69, 9.17) is 0 Å². The molecule has 0 saturated heterocycles. The van der Waals surface area contributed by atoms with E-state index in [0.717, 1.165) is 25.8 Å². The third-order valence-electron chi connectivity index (χ3n) is 2.39. The fourth-order valence-electron chi connectivity index (χ4n) is 1.46. The van der Waals surface area contributed by atoms with Gasteiger partial charge in [-0.15, -0.1) is 0 Å². The van der Waals surface area contributed by atoms with Gasteiger partial charge < -0.3 is 10.6 Å². The number of hydrogen-bond donors (Lipinski definition) is 2. The first-order valence-corrected chi connectivity index (χ1v) is 5.99. The van der Waals surface area contributed by atoms with Crippen molar-refractivity contribution in [3.63, 3.8) is 0 Å². The molecule has 94 valence electrons. The highest BCUT2D eigenvalue weighted by Gasteiger charge is 2.04. The van der Waals surface area contributed by atoms with Crippen LogP contribution >= 0.6 is 0 Å². The molecular weight excluding hydrogens is 219 g/mol. The molecule has 0 aliphatic rings. The van der Waals surface area contributed by atoms with Crippen LogP contribution in [0.3, 0.4) is 0 Å². The molecule has 0 saturated carbocycles. The first kappa shape index (κ1) is 13.6. The summed E-state index contributed by atoms with van der Waals surface area (Å²) in [5.74, 6) is -0.626. The fraction of sp³-hybridized carbons (Fsp3) is 0.462. The number of amides is 1. The summed E-state index contributed by atoms with van der Waals surface area (Å²) in [6.07, 6.45) is 3.37. The first-order chi connectivity index (χ1) is 8.24. The summed E-state index contributed by atoms with van der Waals surface area (Å²) in [6.45, 7) is 3.17. The molecule has 0 atom stereocenters. The van der Waals surface area contributed by atoms with Gasteiger partial charge in [0.1, 0.15) is 5.82 Å². The topological polar surface area (TPSA) is 41.1 Å². The van der Waals surface area contributed by atoms with Crippen molar-refractivity contribution in [3.8, 4) is 0 Å². The zero-order valence-corrected chi connectivity index (χ0v) is 10.1. The average Bonchev–Trinajstić information content (AvgIpc) is 2.32. The standard InChI is InChI=1S/C13H19FN2O/c1-2-3-6-9-15-10-13(17)16-12-8-5-4-7-11(12)14/h4-5,7-8,15H,2-3,6,9-10H2,1H3,(H,16,17). The van der Waals surface area contributed by atoms with Crippen LogP contribution in [0.25, 0.3) is 0 Å². The van der Waals surface area contributed by atoms with Gasteiger partial charge in [0, 0.05) is 0 Å². The molecule has 0 fully saturated rings. The number of nitrogens with one attached hydrogen (secondary N) is 2. The van der Waals surface area contributed by atoms with E-state index >= 15 is 0 Å². The Morgan fingerprint density at radius 1 is 1.29 bits per heavy atom. The summed E-state index contributed by atoms with van der Waals surface area (Å²) in [4.78, 5) is 11.5. The molecule has 0 bridgehead atoms. The summed E-state index contributed by atoms with van der Waals surface area (Å²) < 4.78 is 13.2. The fourth-order valence-corrected chi connectivity index (χ4v) is 1.46. The quantitative estimate of drug-likeness (QED) is 0.717. The van der Waals surface area contributed by atoms with Gasteiger partial charge in [0.15, 0.2) is 0 Å². The number of halogens is 1. The molecule has 1 aromatic carbocycles. The molecule has 1 aromatic rings. The molecule has 0 aliphatic heterocycles. The van der Waals surface area contributed by atoms with Gasteiger partial charge in [0.05, 0.1) is 12.2 Å². The van der Waals surface area contributed by atoms with Crippen LogP contribution in [0.5, 0.6) is 0 Å². The Kier molecular flexibility index (Phi) is 6.25. The lowest BCUT2D eigenvalue weighted by molar-refractivity contribution is -0.115. The molecular formula is C13H19FN2O. The van der Waals surface area contributed by atoms with Crippen molar-refractivity contribution in [1.29, 1.82) is 0 Å². The number of benzene rings is 1. The summed E-state index contributed by atoms with van der Waals surface area (Å²) in [5, 5.41) is 5.55. The van der Waals surface area contributed by atoms with E-state index in [1.165, 1.54) is 6.07 Å². The highest BCUT2D eigenvalue weighted by Crippen LogP contribution is 2.11. The lowest BCUT2D eigenvalue weighted by Crippen LogP contribution is -2.29. The minimum atomic E-state index is -0.410. The maximum Gasteiger partial charge on any atom is 0.238 e. The second kappa shape index (κ2) is 7.79. The zero-order chi connectivity index (χ0) is 12.5. The van der Waals surface area contributed by atoms with Gasteiger partial charge >= 0.3 is 0 Å². The van der Waals surface area contributed by atoms with Crippen molar-refractivity contribution in [1.82, 2.24) is 5.32 Å². The zero-order valence-electron chi connectivity index (χ0n) is 10.1. The molecule has 4 heteroatoms. The number of carbonyl (C=O) groups is 1. The monoisotopic (exact) mass is 238 g/mol. The Morgan fingerprint density at radius 2 is 2.06 bits per heavy atom. The predicted molar refractivity (Wildman–Crippen MR) is 67.4 cm³/mol. The van der Waals surface area contributed by atoms with Gasteiger partial charge in [0.25, 0.3) is 0 Å². The molecule has 3 nitrogen and oxygen atoms in total. The Labute approximate surface area is 101 Å². The van der Waals surface area contributed by atoms with E-state index in [-0.39, 0.29) is 18.1 Å². The molecule has 1 amide bonds. The van der Waals surface area contributed by atoms with Gasteiger partial charge in [-0.25, -0.2) is 4.39 Å². The van der Waals surface area contributed by atoms with Crippen molar-refractivity contribution < 1.29 is 9.18 Å². The molecule has 1 rings (SSSR count). The Bertz CT molecular complexity index is 355. The van der Waals surface area contributed by atoms with Crippen LogP contribution in [-0.2, 0) is 4.79 Å². The van der Waals surface area contributed by atoms with Crippen LogP contribution in [0, 0.1) is 5.82 Å². The van der Waals surface area contributed by atoms with E-state index in [1.807, 2.05) is 0 Å². The molecule has 2 N–H and O–H groups in total. The van der Waals surface area contributed by atoms with Gasteiger partial charge in [-0.2, -0.15) is 0 Å². The van der Waals surface area contributed by atoms with Crippen LogP contribution in [0.15, 0.2) is 24.3 Å². The van der Waals surface area contributed by atoms with E-state index < -0.39 is 5.82 Å². The SMILES string of the molecule is CCCCCNCC(=O)Nc1ccccc1F. The summed E-state index contributed by atoms with van der Waals surface area (Å²) in [6, 6.07) is 6.15. The second-order valence-electron chi connectivity index (χ2n) is 3.91. The third kappa shape index (κ3) is 5.45. The average molecular weight is 238 g/mol. The van der Waals surface area contributed by atoms with Crippen LogP contribution in [0.2, 0.25) is 0 Å². The highest BCUT2D eigenvalue weighted by atomic mass is 19.1. The van der Waals surface area contributed by atoms with Crippen molar-refractivity contribution in [2.75, 3.05) is 18.4 Å². The number of rotatable bonds is 7. The summed E-state index contributed by atoms with van der Waals surface area (Å²) in [7, 11) is 0. The number of hydrogen-bond acceptors (Lipinski definition) is 2. The van der Waals surface area contributed by atoms with Gasteiger partial charge in [-0.05, 0) is 25.1 Å². The Hall–Kier alpha value is -1.42. The van der Waals surface area contributed by atoms with Gasteiger partial charge in [-0.3, -0.25) is 4.79 Å². The molecule has 0 aliphatic carbocycles. The number of para-hydroxylation sites is 1. The smallest absolute Gasteiger partial charge is 0.238 e. The second-order valence-corrected chi connectivity index (χ2v) is 3.91. The minimum Gasteiger partial charge on any atom is -0.322 e. The van der Waals surface area contributed by atoms with Crippen molar-refractivity contribution in [2.45, 2.75) is 26.2 Å². The molecule has 0 aromatic heterocycles. The molecule has 0 unspecified atom stereocenters. The molecule has 0 heterocycles. The summed E-state index contributed by atoms with van der Waals surface area (Å²) >= 11 is 0. The third-order valence-corrected chi connectivity index (χ3v) is 2.39. The summed E-state index contributed by atoms with van der Waals surface area (Å²) in [5.41, 5.74) is 0.229. The molecule has 0 radical (unpaired) electrons. The maximum atomic E-state index is 13.2. The Morgan fingerprint density at radius 3 is 2.76 bits per heavy atom. The predicted octanol–water partition coefficient (Wildman–Crippen LogP) is 2.54. The minimum absolute atomic E-state index is 0.216. The van der Waals surface area contributed by atoms with Crippen molar-refractivity contribution >= 4 is 11.6 Å². The van der Waals surface area contributed by atoms with Crippen molar-refractivity contribution in [3.05, 3.63) is 30.1 Å². The van der Waals surface area contributed by atoms with E-state index in [1.54, 1.807) is 18.2 Å². The van der Waals surface area contributed by atoms with Crippen molar-refractivity contribution in [2.24, 2.45) is 0 Å². The lowest BCUT2D eigenvalue weighted by atomic mass is 10.2. The Balaban J connectivity index is 2.23. The maximum absolute atomic E-state index is 13.2. The van der Waals surface area contributed by atoms with Gasteiger partial charge in [-0.1, -0.05) is 31.9 Å². The van der Waals surface area contributed by atoms with E-state index in [9.17, 15) is 9.18 Å². The van der Waals surface area contributed by atoms with Crippen LogP contribution in [0.4, 0.5) is 10.1 Å². The number of carbonyl (C=O) groups excluding carboxylic acids is 1. The van der Waals surface area contributed by atoms with Crippen LogP contribution in [-0.4, -0.2) is 19.0 Å². The normalized spacial score (nSPS) is 10.2. The lowest BCUT2D eigenvalue weighted by Gasteiger charge is -2.07. The molecule has 17 heavy (non-hydrogen) atoms. The van der Waals surface area contributed by atoms with E-state index in [0.29, 0.717) is 0 Å². The van der Waals surface area contributed by atoms with Crippen LogP contribution < -0.4 is 10.6 Å². The first-order valence-electron chi connectivity index (χ1n) is 5.99. The van der Waals surface area contributed by atoms with Crippen LogP contribution in [0.1, 0.15) is 26.2 Å².